The van der Waals surface area contributed by atoms with Crippen LogP contribution in [0.25, 0.3) is 55.6 Å². The molecule has 149 heavy (non-hydrogen) atoms. The molecule has 6 heterocycles. The quantitative estimate of drug-likeness (QED) is 0.0329. The molecule has 0 unspecified atom stereocenters. The van der Waals surface area contributed by atoms with Crippen LogP contribution < -0.4 is 27.8 Å². The Hall–Kier alpha value is -15.1. The first kappa shape index (κ1) is 111. The van der Waals surface area contributed by atoms with Crippen molar-refractivity contribution >= 4 is 23.2 Å². The van der Waals surface area contributed by atoms with Gasteiger partial charge < -0.3 is 0 Å². The molecule has 0 bridgehead atoms. The first-order valence-corrected chi connectivity index (χ1v) is 50.6. The molecule has 0 amide bonds. The van der Waals surface area contributed by atoms with Crippen molar-refractivity contribution in [3.8, 4) is 55.6 Å². The van der Waals surface area contributed by atoms with Crippen molar-refractivity contribution in [1.82, 2.24) is 52.7 Å². The highest BCUT2D eigenvalue weighted by atomic mass is 35.5. The highest BCUT2D eigenvalue weighted by molar-refractivity contribution is 6.30. The molecule has 0 saturated heterocycles. The second kappa shape index (κ2) is 50.5. The van der Waals surface area contributed by atoms with Crippen LogP contribution in [0.2, 0.25) is 5.02 Å². The summed E-state index contributed by atoms with van der Waals surface area (Å²) in [5.74, 6) is 2.17. The summed E-state index contributed by atoms with van der Waals surface area (Å²) < 4.78 is 105. The number of nitrogens with zero attached hydrogens (tertiary/aromatic N) is 11. The molecular formula is C123H125ClF7N11O7. The van der Waals surface area contributed by atoms with E-state index in [-0.39, 0.29) is 123 Å². The molecule has 2 aliphatic carbocycles. The number of pyridine rings is 1. The van der Waals surface area contributed by atoms with Gasteiger partial charge in [-0.15, -0.1) is 0 Å². The zero-order valence-corrected chi connectivity index (χ0v) is 87.6. The third-order valence-electron chi connectivity index (χ3n) is 27.0. The van der Waals surface area contributed by atoms with Crippen LogP contribution in [0.4, 0.5) is 30.7 Å². The van der Waals surface area contributed by atoms with E-state index in [1.807, 2.05) is 154 Å². The van der Waals surface area contributed by atoms with Crippen LogP contribution in [0.15, 0.2) is 304 Å². The van der Waals surface area contributed by atoms with Gasteiger partial charge >= 0.3 is 0 Å². The Morgan fingerprint density at radius 2 is 0.644 bits per heavy atom. The molecule has 10 aromatic carbocycles. The summed E-state index contributed by atoms with van der Waals surface area (Å²) in [6.07, 6.45) is 18.6. The number of aromatic nitrogens is 11. The maximum Gasteiger partial charge on any atom is 0.261 e. The molecule has 0 atom stereocenters. The molecule has 2 fully saturated rings. The Balaban J connectivity index is 0.000000149. The van der Waals surface area contributed by atoms with Gasteiger partial charge in [0, 0.05) is 115 Å². The van der Waals surface area contributed by atoms with Gasteiger partial charge in [0.05, 0.1) is 46.1 Å². The largest absolute Gasteiger partial charge is 0.299 e. The molecule has 770 valence electrons. The molecule has 0 radical (unpaired) electrons. The number of halogens is 8. The van der Waals surface area contributed by atoms with E-state index in [4.69, 9.17) is 11.6 Å². The van der Waals surface area contributed by atoms with Crippen LogP contribution in [0.1, 0.15) is 241 Å². The number of aryl methyl sites for hydroxylation is 1. The van der Waals surface area contributed by atoms with Crippen molar-refractivity contribution in [1.29, 1.82) is 0 Å². The molecular weight excluding hydrogens is 1910 g/mol. The van der Waals surface area contributed by atoms with Gasteiger partial charge in [0.2, 0.25) is 0 Å². The predicted molar refractivity (Wildman–Crippen MR) is 577 cm³/mol. The number of benzene rings is 10. The first-order chi connectivity index (χ1) is 71.1. The van der Waals surface area contributed by atoms with Crippen LogP contribution in [0.3, 0.4) is 0 Å². The Morgan fingerprint density at radius 3 is 0.960 bits per heavy atom. The number of carbonyl (C=O) groups is 2. The topological polar surface area (TPSA) is 221 Å². The fourth-order valence-electron chi connectivity index (χ4n) is 17.3. The van der Waals surface area contributed by atoms with Crippen LogP contribution in [-0.2, 0) is 82.8 Å². The van der Waals surface area contributed by atoms with Gasteiger partial charge in [0.15, 0.2) is 11.6 Å². The number of hydrogen-bond acceptors (Lipinski definition) is 13. The maximum absolute atomic E-state index is 14.3. The minimum absolute atomic E-state index is 0.0290. The molecule has 26 heteroatoms. The van der Waals surface area contributed by atoms with Gasteiger partial charge in [-0.2, -0.15) is 0 Å². The van der Waals surface area contributed by atoms with E-state index >= 15 is 0 Å². The van der Waals surface area contributed by atoms with Gasteiger partial charge in [-0.25, -0.2) is 55.7 Å². The van der Waals surface area contributed by atoms with Crippen molar-refractivity contribution in [2.75, 3.05) is 0 Å². The lowest BCUT2D eigenvalue weighted by Crippen LogP contribution is -2.29. The fourth-order valence-corrected chi connectivity index (χ4v) is 17.4. The third-order valence-corrected chi connectivity index (χ3v) is 27.2. The van der Waals surface area contributed by atoms with Crippen molar-refractivity contribution < 1.29 is 40.3 Å². The summed E-state index contributed by atoms with van der Waals surface area (Å²) in [5, 5.41) is 0.642. The second-order valence-electron chi connectivity index (χ2n) is 39.9. The van der Waals surface area contributed by atoms with Crippen molar-refractivity contribution in [3.63, 3.8) is 0 Å². The first-order valence-electron chi connectivity index (χ1n) is 50.2. The van der Waals surface area contributed by atoms with Gasteiger partial charge in [-0.05, 0) is 222 Å². The highest BCUT2D eigenvalue weighted by Gasteiger charge is 2.54. The maximum atomic E-state index is 14.3. The van der Waals surface area contributed by atoms with Gasteiger partial charge in [-0.3, -0.25) is 61.4 Å². The third kappa shape index (κ3) is 28.9. The molecule has 18 rings (SSSR count). The molecule has 2 aliphatic rings. The zero-order valence-electron chi connectivity index (χ0n) is 86.9. The van der Waals surface area contributed by atoms with E-state index in [0.717, 1.165) is 63.7 Å². The smallest absolute Gasteiger partial charge is 0.261 e. The monoisotopic (exact) mass is 2040 g/mol. The van der Waals surface area contributed by atoms with Crippen LogP contribution in [-0.4, -0.2) is 64.3 Å². The number of rotatable bonds is 28. The lowest BCUT2D eigenvalue weighted by molar-refractivity contribution is -0.133. The molecule has 0 N–H and O–H groups in total. The Morgan fingerprint density at radius 1 is 0.336 bits per heavy atom. The Kier molecular flexibility index (Phi) is 37.7. The van der Waals surface area contributed by atoms with Crippen molar-refractivity contribution in [3.05, 3.63) is 468 Å². The van der Waals surface area contributed by atoms with E-state index in [1.165, 1.54) is 104 Å². The lowest BCUT2D eigenvalue weighted by Gasteiger charge is -2.13. The summed E-state index contributed by atoms with van der Waals surface area (Å²) in [7, 11) is 6.79. The average Bonchev–Trinajstić information content (AvgIpc) is 1.60. The Bertz CT molecular complexity index is 7580. The number of ketones is 2. The minimum atomic E-state index is -0.842. The standard InChI is InChI=1S/C21H20F2N2O.2C21H21FN2O.C21H22FNO2.C20H18ClFN2O.C19H23FN2O/c1-13(2)17-9-6-15(11-19(17)23)18-12-24-20(25(3)21(18)26)10-14-4-7-16(22)8-5-14;2*1-14(2)17-10-9-16(12-19(17)22)18-13-23-20(24(3)21(18)25)11-15-7-5-4-6-8-15;1-14(2)18-8-5-16(13-23-18)12-20(25)21(9-10-21)19(24)11-15-3-6-17(22)7-4-15;1-13(2)17-8-5-15(9-19(17)22)18-10-23-12-24(20(18)25)11-14-3-6-16(21)7-4-14;1-12(2)15-8-7-14(10-17(15)20)16-11-21-18(22(3)19(16)23)9-6-13-4-5-13/h4-9,11-13H,10H2,1-3H3;2*4-10,12-14H,11H2,1-3H3;3-8,13-14H,9-12H2,1-2H3;3-10,12-13H,11H2,1-2H3;7-8,10-13H,4-6,9H2,1-3H3. The molecule has 0 spiro atoms. The van der Waals surface area contributed by atoms with Crippen molar-refractivity contribution in [2.24, 2.45) is 39.5 Å². The summed E-state index contributed by atoms with van der Waals surface area (Å²) in [6.45, 7) is 23.9. The van der Waals surface area contributed by atoms with Crippen LogP contribution in [0.5, 0.6) is 0 Å². The average molecular weight is 2040 g/mol. The summed E-state index contributed by atoms with van der Waals surface area (Å²) in [6, 6.07) is 67.5. The molecule has 16 aromatic rings. The summed E-state index contributed by atoms with van der Waals surface area (Å²) in [5.41, 5.74) is 12.8. The van der Waals surface area contributed by atoms with E-state index in [1.54, 1.807) is 155 Å². The number of carbonyl (C=O) groups excluding carboxylic acids is 2. The highest BCUT2D eigenvalue weighted by Crippen LogP contribution is 2.49. The zero-order chi connectivity index (χ0) is 107. The molecule has 18 nitrogen and oxygen atoms in total. The Labute approximate surface area is 869 Å². The lowest BCUT2D eigenvalue weighted by atomic mass is 9.88. The van der Waals surface area contributed by atoms with Gasteiger partial charge in [0.1, 0.15) is 64.0 Å². The SMILES string of the molecule is CC(C)c1ccc(-c2cnc(CCC3CC3)n(C)c2=O)cc1F.CC(C)c1ccc(-c2cnc(Cc3ccc(F)cc3)n(C)c2=O)cc1F.CC(C)c1ccc(-c2cnc(Cc3ccccc3)n(C)c2=O)cc1F.CC(C)c1ccc(-c2cnc(Cc3ccccc3)n(C)c2=O)cc1F.CC(C)c1ccc(-c2cncn(Cc3ccc(Cl)cc3)c2=O)cc1F.CC(C)c1ccc(CC(=O)C2(C(=O)Cc3ccc(F)cc3)CC2)cn1. The normalized spacial score (nSPS) is 12.3. The van der Waals surface area contributed by atoms with E-state index in [2.05, 4.69) is 43.8 Å². The second-order valence-corrected chi connectivity index (χ2v) is 40.3. The predicted octanol–water partition coefficient (Wildman–Crippen LogP) is 26.0. The fraction of sp³-hybridized carbons (Fsp3) is 0.293. The molecule has 0 aliphatic heterocycles. The van der Waals surface area contributed by atoms with Crippen molar-refractivity contribution in [2.45, 2.75) is 196 Å². The van der Waals surface area contributed by atoms with Crippen LogP contribution in [0, 0.1) is 52.1 Å². The van der Waals surface area contributed by atoms with Gasteiger partial charge in [-0.1, -0.05) is 271 Å². The number of Topliss-reactive ketones (excluding diaryl/α,β-unsaturated/α-hetero) is 2. The molecule has 6 aromatic heterocycles. The summed E-state index contributed by atoms with van der Waals surface area (Å²) >= 11 is 5.88. The van der Waals surface area contributed by atoms with E-state index < -0.39 is 5.41 Å². The minimum Gasteiger partial charge on any atom is -0.299 e. The number of hydrogen-bond donors (Lipinski definition) is 0. The van der Waals surface area contributed by atoms with E-state index in [0.29, 0.717) is 151 Å². The molecule has 2 saturated carbocycles. The van der Waals surface area contributed by atoms with Gasteiger partial charge in [0.25, 0.3) is 27.8 Å². The van der Waals surface area contributed by atoms with Crippen LogP contribution >= 0.6 is 11.6 Å². The summed E-state index contributed by atoms with van der Waals surface area (Å²) in [4.78, 5) is 115. The van der Waals surface area contributed by atoms with E-state index in [9.17, 15) is 64.3 Å².